The molecule has 2 aromatic carbocycles. The molecule has 0 saturated carbocycles. The summed E-state index contributed by atoms with van der Waals surface area (Å²) in [5.41, 5.74) is 2.86. The van der Waals surface area contributed by atoms with Gasteiger partial charge in [0.2, 0.25) is 0 Å². The Labute approximate surface area is 181 Å². The van der Waals surface area contributed by atoms with E-state index in [0.717, 1.165) is 34.4 Å². The summed E-state index contributed by atoms with van der Waals surface area (Å²) in [5, 5.41) is 19.6. The first-order valence-corrected chi connectivity index (χ1v) is 11.3. The van der Waals surface area contributed by atoms with Crippen molar-refractivity contribution in [3.8, 4) is 17.5 Å². The fourth-order valence-electron chi connectivity index (χ4n) is 3.15. The number of hydrogen-bond donors (Lipinski definition) is 0. The Morgan fingerprint density at radius 1 is 1.10 bits per heavy atom. The summed E-state index contributed by atoms with van der Waals surface area (Å²) >= 11 is 7.74. The van der Waals surface area contributed by atoms with Gasteiger partial charge in [-0.05, 0) is 54.3 Å². The van der Waals surface area contributed by atoms with Gasteiger partial charge in [-0.25, -0.2) is 0 Å². The maximum Gasteiger partial charge on any atom is 0.191 e. The van der Waals surface area contributed by atoms with Crippen LogP contribution in [0.3, 0.4) is 0 Å². The second-order valence-electron chi connectivity index (χ2n) is 7.27. The first-order valence-electron chi connectivity index (χ1n) is 9.91. The van der Waals surface area contributed by atoms with E-state index in [4.69, 9.17) is 16.9 Å². The zero-order chi connectivity index (χ0) is 20.6. The standard InChI is InChI=1S/C23H25ClN4S/c1-3-4-5-17(2)15-28-22(20-10-12-21(24)13-11-20)26-27-23(28)29-16-19-8-6-18(14-25)7-9-19/h6-13,17H,3-5,15-16H2,1-2H3/t17-/m1/s1. The summed E-state index contributed by atoms with van der Waals surface area (Å²) in [6.07, 6.45) is 3.62. The zero-order valence-electron chi connectivity index (χ0n) is 16.8. The molecular formula is C23H25ClN4S. The highest BCUT2D eigenvalue weighted by atomic mass is 35.5. The van der Waals surface area contributed by atoms with Crippen molar-refractivity contribution < 1.29 is 0 Å². The van der Waals surface area contributed by atoms with Crippen LogP contribution in [-0.2, 0) is 12.3 Å². The number of halogens is 1. The molecule has 1 atom stereocenters. The minimum absolute atomic E-state index is 0.547. The smallest absolute Gasteiger partial charge is 0.191 e. The van der Waals surface area contributed by atoms with E-state index in [0.29, 0.717) is 16.5 Å². The van der Waals surface area contributed by atoms with E-state index in [-0.39, 0.29) is 0 Å². The number of nitrogens with zero attached hydrogens (tertiary/aromatic N) is 4. The monoisotopic (exact) mass is 424 g/mol. The molecule has 0 saturated heterocycles. The normalized spacial score (nSPS) is 11.9. The predicted molar refractivity (Wildman–Crippen MR) is 120 cm³/mol. The van der Waals surface area contributed by atoms with Crippen molar-refractivity contribution in [3.63, 3.8) is 0 Å². The Morgan fingerprint density at radius 2 is 1.83 bits per heavy atom. The highest BCUT2D eigenvalue weighted by molar-refractivity contribution is 7.98. The molecule has 29 heavy (non-hydrogen) atoms. The van der Waals surface area contributed by atoms with Crippen LogP contribution in [0.25, 0.3) is 11.4 Å². The van der Waals surface area contributed by atoms with Crippen molar-refractivity contribution >= 4 is 23.4 Å². The first-order chi connectivity index (χ1) is 14.1. The van der Waals surface area contributed by atoms with Gasteiger partial charge < -0.3 is 4.57 Å². The van der Waals surface area contributed by atoms with Gasteiger partial charge in [-0.1, -0.05) is 62.2 Å². The molecule has 3 aromatic rings. The lowest BCUT2D eigenvalue weighted by Crippen LogP contribution is -2.10. The van der Waals surface area contributed by atoms with E-state index in [2.05, 4.69) is 34.7 Å². The highest BCUT2D eigenvalue weighted by Crippen LogP contribution is 2.29. The van der Waals surface area contributed by atoms with Gasteiger partial charge in [0, 0.05) is 22.9 Å². The lowest BCUT2D eigenvalue weighted by Gasteiger charge is -2.16. The molecule has 0 aliphatic heterocycles. The number of aromatic nitrogens is 3. The van der Waals surface area contributed by atoms with Crippen molar-refractivity contribution in [2.75, 3.05) is 0 Å². The molecule has 4 nitrogen and oxygen atoms in total. The van der Waals surface area contributed by atoms with Crippen LogP contribution in [0.5, 0.6) is 0 Å². The molecule has 0 aliphatic carbocycles. The van der Waals surface area contributed by atoms with E-state index in [1.54, 1.807) is 11.8 Å². The van der Waals surface area contributed by atoms with E-state index < -0.39 is 0 Å². The summed E-state index contributed by atoms with van der Waals surface area (Å²) in [4.78, 5) is 0. The van der Waals surface area contributed by atoms with Crippen LogP contribution in [0.4, 0.5) is 0 Å². The number of nitriles is 1. The number of hydrogen-bond acceptors (Lipinski definition) is 4. The van der Waals surface area contributed by atoms with Crippen molar-refractivity contribution in [3.05, 3.63) is 64.7 Å². The Bertz CT molecular complexity index is 958. The van der Waals surface area contributed by atoms with Gasteiger partial charge in [0.25, 0.3) is 0 Å². The third-order valence-corrected chi connectivity index (χ3v) is 6.10. The molecular weight excluding hydrogens is 400 g/mol. The number of thioether (sulfide) groups is 1. The van der Waals surface area contributed by atoms with E-state index in [1.165, 1.54) is 19.3 Å². The maximum absolute atomic E-state index is 8.96. The summed E-state index contributed by atoms with van der Waals surface area (Å²) in [6, 6.07) is 17.6. The molecule has 0 unspecified atom stereocenters. The molecule has 0 aliphatic rings. The maximum atomic E-state index is 8.96. The molecule has 0 fully saturated rings. The van der Waals surface area contributed by atoms with Crippen LogP contribution < -0.4 is 0 Å². The fourth-order valence-corrected chi connectivity index (χ4v) is 4.18. The molecule has 6 heteroatoms. The average Bonchev–Trinajstić information content (AvgIpc) is 3.14. The van der Waals surface area contributed by atoms with Crippen LogP contribution in [0, 0.1) is 17.2 Å². The summed E-state index contributed by atoms with van der Waals surface area (Å²) in [7, 11) is 0. The Hall–Kier alpha value is -2.29. The lowest BCUT2D eigenvalue weighted by molar-refractivity contribution is 0.421. The fraction of sp³-hybridized carbons (Fsp3) is 0.348. The Balaban J connectivity index is 1.82. The SMILES string of the molecule is CCCC[C@@H](C)Cn1c(SCc2ccc(C#N)cc2)nnc1-c1ccc(Cl)cc1. The quantitative estimate of drug-likeness (QED) is 0.363. The Kier molecular flexibility index (Phi) is 7.74. The number of unbranched alkanes of at least 4 members (excludes halogenated alkanes) is 1. The first kappa shape index (κ1) is 21.4. The summed E-state index contributed by atoms with van der Waals surface area (Å²) < 4.78 is 2.23. The van der Waals surface area contributed by atoms with Crippen molar-refractivity contribution in [2.24, 2.45) is 5.92 Å². The van der Waals surface area contributed by atoms with Crippen LogP contribution in [0.15, 0.2) is 53.7 Å². The minimum atomic E-state index is 0.547. The van der Waals surface area contributed by atoms with Crippen molar-refractivity contribution in [2.45, 2.75) is 50.6 Å². The molecule has 0 bridgehead atoms. The van der Waals surface area contributed by atoms with Crippen LogP contribution in [0.2, 0.25) is 5.02 Å². The van der Waals surface area contributed by atoms with Gasteiger partial charge in [-0.15, -0.1) is 10.2 Å². The van der Waals surface area contributed by atoms with Gasteiger partial charge in [-0.2, -0.15) is 5.26 Å². The van der Waals surface area contributed by atoms with Crippen LogP contribution in [0.1, 0.15) is 44.2 Å². The van der Waals surface area contributed by atoms with Crippen molar-refractivity contribution in [1.82, 2.24) is 14.8 Å². The Morgan fingerprint density at radius 3 is 2.48 bits per heavy atom. The van der Waals surface area contributed by atoms with Gasteiger partial charge in [0.15, 0.2) is 11.0 Å². The zero-order valence-corrected chi connectivity index (χ0v) is 18.4. The van der Waals surface area contributed by atoms with Gasteiger partial charge in [-0.3, -0.25) is 0 Å². The molecule has 0 spiro atoms. The highest BCUT2D eigenvalue weighted by Gasteiger charge is 2.17. The molecule has 0 radical (unpaired) electrons. The third-order valence-electron chi connectivity index (χ3n) is 4.81. The molecule has 150 valence electrons. The lowest BCUT2D eigenvalue weighted by atomic mass is 10.0. The molecule has 1 heterocycles. The largest absolute Gasteiger partial charge is 0.302 e. The summed E-state index contributed by atoms with van der Waals surface area (Å²) in [6.45, 7) is 5.40. The topological polar surface area (TPSA) is 54.5 Å². The van der Waals surface area contributed by atoms with E-state index >= 15 is 0 Å². The van der Waals surface area contributed by atoms with Gasteiger partial charge >= 0.3 is 0 Å². The van der Waals surface area contributed by atoms with E-state index in [1.807, 2.05) is 48.5 Å². The molecule has 1 aromatic heterocycles. The van der Waals surface area contributed by atoms with Crippen molar-refractivity contribution in [1.29, 1.82) is 5.26 Å². The third kappa shape index (κ3) is 5.85. The van der Waals surface area contributed by atoms with Gasteiger partial charge in [0.1, 0.15) is 0 Å². The number of benzene rings is 2. The minimum Gasteiger partial charge on any atom is -0.302 e. The second-order valence-corrected chi connectivity index (χ2v) is 8.65. The number of rotatable bonds is 9. The van der Waals surface area contributed by atoms with E-state index in [9.17, 15) is 0 Å². The average molecular weight is 425 g/mol. The molecule has 3 rings (SSSR count). The molecule has 0 amide bonds. The van der Waals surface area contributed by atoms with Crippen LogP contribution in [-0.4, -0.2) is 14.8 Å². The molecule has 0 N–H and O–H groups in total. The second kappa shape index (κ2) is 10.5. The summed E-state index contributed by atoms with van der Waals surface area (Å²) in [5.74, 6) is 2.21. The van der Waals surface area contributed by atoms with Crippen LogP contribution >= 0.6 is 23.4 Å². The van der Waals surface area contributed by atoms with Gasteiger partial charge in [0.05, 0.1) is 11.6 Å². The predicted octanol–water partition coefficient (Wildman–Crippen LogP) is 6.59.